The van der Waals surface area contributed by atoms with Crippen molar-refractivity contribution in [3.8, 4) is 5.69 Å². The predicted molar refractivity (Wildman–Crippen MR) is 77.4 cm³/mol. The SMILES string of the molecule is NN1CCN(C(=O)c2ccc(-n3cccc3)cc2)CC1. The lowest BCUT2D eigenvalue weighted by Gasteiger charge is -2.32. The van der Waals surface area contributed by atoms with Crippen LogP contribution in [0.25, 0.3) is 5.69 Å². The number of hydrogen-bond donors (Lipinski definition) is 1. The van der Waals surface area contributed by atoms with E-state index in [0.29, 0.717) is 13.1 Å². The molecule has 2 aromatic rings. The Kier molecular flexibility index (Phi) is 3.54. The Morgan fingerprint density at radius 1 is 0.950 bits per heavy atom. The van der Waals surface area contributed by atoms with Crippen molar-refractivity contribution in [2.45, 2.75) is 0 Å². The van der Waals surface area contributed by atoms with E-state index in [1.807, 2.05) is 58.3 Å². The second-order valence-electron chi connectivity index (χ2n) is 4.97. The molecule has 0 bridgehead atoms. The summed E-state index contributed by atoms with van der Waals surface area (Å²) in [6.45, 7) is 2.84. The van der Waals surface area contributed by atoms with Gasteiger partial charge >= 0.3 is 0 Å². The van der Waals surface area contributed by atoms with Gasteiger partial charge < -0.3 is 9.47 Å². The van der Waals surface area contributed by atoms with Gasteiger partial charge in [-0.2, -0.15) is 0 Å². The maximum absolute atomic E-state index is 12.4. The van der Waals surface area contributed by atoms with Crippen LogP contribution in [0.15, 0.2) is 48.8 Å². The van der Waals surface area contributed by atoms with Crippen LogP contribution in [-0.4, -0.2) is 46.6 Å². The molecule has 1 aromatic carbocycles. The van der Waals surface area contributed by atoms with Crippen molar-refractivity contribution in [2.75, 3.05) is 26.2 Å². The Morgan fingerprint density at radius 3 is 2.15 bits per heavy atom. The van der Waals surface area contributed by atoms with E-state index in [2.05, 4.69) is 0 Å². The van der Waals surface area contributed by atoms with E-state index in [1.165, 1.54) is 0 Å². The van der Waals surface area contributed by atoms with E-state index in [4.69, 9.17) is 5.84 Å². The van der Waals surface area contributed by atoms with Crippen LogP contribution in [0.5, 0.6) is 0 Å². The normalized spacial score (nSPS) is 16.4. The summed E-state index contributed by atoms with van der Waals surface area (Å²) in [5.74, 6) is 5.78. The molecule has 0 aliphatic carbocycles. The van der Waals surface area contributed by atoms with Gasteiger partial charge in [0, 0.05) is 49.8 Å². The van der Waals surface area contributed by atoms with E-state index in [-0.39, 0.29) is 5.91 Å². The molecule has 1 saturated heterocycles. The molecule has 0 atom stereocenters. The molecule has 1 aromatic heterocycles. The zero-order valence-corrected chi connectivity index (χ0v) is 11.3. The Hall–Kier alpha value is -2.11. The summed E-state index contributed by atoms with van der Waals surface area (Å²) in [6, 6.07) is 11.6. The molecule has 1 amide bonds. The number of benzene rings is 1. The maximum atomic E-state index is 12.4. The van der Waals surface area contributed by atoms with Gasteiger partial charge in [-0.3, -0.25) is 10.6 Å². The molecule has 5 nitrogen and oxygen atoms in total. The lowest BCUT2D eigenvalue weighted by atomic mass is 10.1. The number of amides is 1. The highest BCUT2D eigenvalue weighted by Crippen LogP contribution is 2.12. The number of carbonyl (C=O) groups is 1. The molecular formula is C15H18N4O. The molecule has 104 valence electrons. The molecular weight excluding hydrogens is 252 g/mol. The minimum atomic E-state index is 0.0807. The van der Waals surface area contributed by atoms with Crippen LogP contribution in [0.1, 0.15) is 10.4 Å². The number of hydrogen-bond acceptors (Lipinski definition) is 3. The third-order valence-electron chi connectivity index (χ3n) is 3.62. The van der Waals surface area contributed by atoms with Crippen LogP contribution in [0.2, 0.25) is 0 Å². The molecule has 1 fully saturated rings. The van der Waals surface area contributed by atoms with Crippen LogP contribution in [-0.2, 0) is 0 Å². The van der Waals surface area contributed by atoms with Crippen LogP contribution in [0.4, 0.5) is 0 Å². The molecule has 1 aliphatic heterocycles. The van der Waals surface area contributed by atoms with Gasteiger partial charge in [0.1, 0.15) is 0 Å². The second-order valence-corrected chi connectivity index (χ2v) is 4.97. The fourth-order valence-electron chi connectivity index (χ4n) is 2.39. The summed E-state index contributed by atoms with van der Waals surface area (Å²) in [7, 11) is 0. The van der Waals surface area contributed by atoms with Crippen molar-refractivity contribution in [1.82, 2.24) is 14.5 Å². The average molecular weight is 270 g/mol. The van der Waals surface area contributed by atoms with Crippen LogP contribution < -0.4 is 5.84 Å². The number of aromatic nitrogens is 1. The van der Waals surface area contributed by atoms with E-state index in [0.717, 1.165) is 24.3 Å². The first-order chi connectivity index (χ1) is 9.74. The lowest BCUT2D eigenvalue weighted by molar-refractivity contribution is 0.0638. The molecule has 0 spiro atoms. The molecule has 2 heterocycles. The van der Waals surface area contributed by atoms with Crippen molar-refractivity contribution in [3.63, 3.8) is 0 Å². The first-order valence-electron chi connectivity index (χ1n) is 6.76. The lowest BCUT2D eigenvalue weighted by Crippen LogP contribution is -2.51. The van der Waals surface area contributed by atoms with Crippen molar-refractivity contribution >= 4 is 5.91 Å². The highest BCUT2D eigenvalue weighted by Gasteiger charge is 2.20. The van der Waals surface area contributed by atoms with Crippen molar-refractivity contribution in [2.24, 2.45) is 5.84 Å². The number of carbonyl (C=O) groups excluding carboxylic acids is 1. The van der Waals surface area contributed by atoms with Gasteiger partial charge in [-0.1, -0.05) is 0 Å². The van der Waals surface area contributed by atoms with Gasteiger partial charge in [-0.05, 0) is 36.4 Å². The molecule has 0 saturated carbocycles. The number of hydrazine groups is 1. The van der Waals surface area contributed by atoms with Gasteiger partial charge in [0.25, 0.3) is 5.91 Å². The largest absolute Gasteiger partial charge is 0.336 e. The fourth-order valence-corrected chi connectivity index (χ4v) is 2.39. The van der Waals surface area contributed by atoms with Crippen molar-refractivity contribution < 1.29 is 4.79 Å². The van der Waals surface area contributed by atoms with Crippen molar-refractivity contribution in [1.29, 1.82) is 0 Å². The van der Waals surface area contributed by atoms with Crippen LogP contribution >= 0.6 is 0 Å². The number of piperazine rings is 1. The molecule has 1 aliphatic rings. The predicted octanol–water partition coefficient (Wildman–Crippen LogP) is 1.11. The molecule has 0 unspecified atom stereocenters. The number of nitrogens with zero attached hydrogens (tertiary/aromatic N) is 3. The highest BCUT2D eigenvalue weighted by molar-refractivity contribution is 5.94. The zero-order valence-electron chi connectivity index (χ0n) is 11.3. The Morgan fingerprint density at radius 2 is 1.55 bits per heavy atom. The summed E-state index contributed by atoms with van der Waals surface area (Å²) in [5.41, 5.74) is 1.78. The van der Waals surface area contributed by atoms with Crippen molar-refractivity contribution in [3.05, 3.63) is 54.4 Å². The monoisotopic (exact) mass is 270 g/mol. The topological polar surface area (TPSA) is 54.5 Å². The molecule has 0 radical (unpaired) electrons. The Balaban J connectivity index is 1.73. The van der Waals surface area contributed by atoms with Gasteiger partial charge in [-0.25, -0.2) is 5.01 Å². The van der Waals surface area contributed by atoms with Gasteiger partial charge in [0.15, 0.2) is 0 Å². The zero-order chi connectivity index (χ0) is 13.9. The highest BCUT2D eigenvalue weighted by atomic mass is 16.2. The van der Waals surface area contributed by atoms with Crippen LogP contribution in [0, 0.1) is 0 Å². The smallest absolute Gasteiger partial charge is 0.253 e. The van der Waals surface area contributed by atoms with Crippen LogP contribution in [0.3, 0.4) is 0 Å². The van der Waals surface area contributed by atoms with E-state index in [9.17, 15) is 4.79 Å². The summed E-state index contributed by atoms with van der Waals surface area (Å²) in [5, 5.41) is 1.75. The first-order valence-corrected chi connectivity index (χ1v) is 6.76. The van der Waals surface area contributed by atoms with E-state index >= 15 is 0 Å². The second kappa shape index (κ2) is 5.48. The third-order valence-corrected chi connectivity index (χ3v) is 3.62. The Labute approximate surface area is 118 Å². The maximum Gasteiger partial charge on any atom is 0.253 e. The summed E-state index contributed by atoms with van der Waals surface area (Å²) in [6.07, 6.45) is 3.97. The summed E-state index contributed by atoms with van der Waals surface area (Å²) < 4.78 is 2.02. The van der Waals surface area contributed by atoms with Gasteiger partial charge in [0.2, 0.25) is 0 Å². The molecule has 5 heteroatoms. The van der Waals surface area contributed by atoms with Gasteiger partial charge in [-0.15, -0.1) is 0 Å². The third kappa shape index (κ3) is 2.59. The first kappa shape index (κ1) is 12.9. The minimum Gasteiger partial charge on any atom is -0.336 e. The van der Waals surface area contributed by atoms with Gasteiger partial charge in [0.05, 0.1) is 0 Å². The van der Waals surface area contributed by atoms with E-state index in [1.54, 1.807) is 5.01 Å². The quantitative estimate of drug-likeness (QED) is 0.832. The summed E-state index contributed by atoms with van der Waals surface area (Å²) >= 11 is 0. The minimum absolute atomic E-state index is 0.0807. The molecule has 3 rings (SSSR count). The van der Waals surface area contributed by atoms with E-state index < -0.39 is 0 Å². The Bertz CT molecular complexity index is 568. The average Bonchev–Trinajstić information content (AvgIpc) is 3.02. The number of nitrogens with two attached hydrogens (primary N) is 1. The molecule has 20 heavy (non-hydrogen) atoms. The molecule has 2 N–H and O–H groups in total. The standard InChI is InChI=1S/C15H18N4O/c16-19-11-9-18(10-12-19)15(20)13-3-5-14(6-4-13)17-7-1-2-8-17/h1-8H,9-12,16H2. The number of rotatable bonds is 2. The summed E-state index contributed by atoms with van der Waals surface area (Å²) in [4.78, 5) is 14.2. The fraction of sp³-hybridized carbons (Fsp3) is 0.267.